The molecular formula is C37H56F4N2O6. The lowest BCUT2D eigenvalue weighted by molar-refractivity contribution is -0.151. The molecule has 2 amide bonds. The van der Waals surface area contributed by atoms with Crippen LogP contribution in [0.2, 0.25) is 0 Å². The molecule has 1 aromatic carbocycles. The Morgan fingerprint density at radius 2 is 1.10 bits per heavy atom. The lowest BCUT2D eigenvalue weighted by Gasteiger charge is -2.54. The van der Waals surface area contributed by atoms with Gasteiger partial charge in [0.15, 0.2) is 11.6 Å². The van der Waals surface area contributed by atoms with Crippen molar-refractivity contribution < 1.29 is 46.2 Å². The molecule has 2 aliphatic rings. The molecule has 0 aromatic heterocycles. The maximum atomic E-state index is 13.6. The van der Waals surface area contributed by atoms with Crippen LogP contribution in [0.25, 0.3) is 0 Å². The fourth-order valence-electron chi connectivity index (χ4n) is 6.54. The van der Waals surface area contributed by atoms with Gasteiger partial charge >= 0.3 is 5.97 Å². The van der Waals surface area contributed by atoms with E-state index in [1.807, 2.05) is 9.80 Å². The largest absolute Gasteiger partial charge is 0.420 e. The predicted molar refractivity (Wildman–Crippen MR) is 178 cm³/mol. The highest BCUT2D eigenvalue weighted by Crippen LogP contribution is 2.40. The molecule has 0 atom stereocenters. The molecule has 12 heteroatoms. The van der Waals surface area contributed by atoms with Crippen LogP contribution in [0.5, 0.6) is 5.75 Å². The van der Waals surface area contributed by atoms with E-state index in [4.69, 9.17) is 9.47 Å². The van der Waals surface area contributed by atoms with Crippen LogP contribution < -0.4 is 4.74 Å². The Bertz CT molecular complexity index is 1140. The average Bonchev–Trinajstić information content (AvgIpc) is 3.07. The number of hydrogen-bond acceptors (Lipinski definition) is 6. The quantitative estimate of drug-likeness (QED) is 0.0359. The Kier molecular flexibility index (Phi) is 18.4. The molecule has 0 aliphatic carbocycles. The number of carbonyl (C=O) groups excluding carboxylic acids is 3. The van der Waals surface area contributed by atoms with Gasteiger partial charge in [-0.25, -0.2) is 8.78 Å². The van der Waals surface area contributed by atoms with Gasteiger partial charge in [-0.15, -0.1) is 0 Å². The van der Waals surface area contributed by atoms with Gasteiger partial charge in [-0.3, -0.25) is 14.4 Å². The summed E-state index contributed by atoms with van der Waals surface area (Å²) in [5.41, 5.74) is 0.109. The van der Waals surface area contributed by atoms with Crippen LogP contribution >= 0.6 is 0 Å². The Morgan fingerprint density at radius 1 is 0.633 bits per heavy atom. The molecule has 1 aromatic rings. The van der Waals surface area contributed by atoms with Crippen molar-refractivity contribution >= 4 is 17.8 Å². The summed E-state index contributed by atoms with van der Waals surface area (Å²) >= 11 is 0. The highest BCUT2D eigenvalue weighted by atomic mass is 19.2. The minimum absolute atomic E-state index is 0.0171. The number of carbonyl (C=O) groups is 3. The molecule has 2 saturated heterocycles. The molecule has 0 unspecified atom stereocenters. The van der Waals surface area contributed by atoms with Crippen LogP contribution in [0.1, 0.15) is 122 Å². The van der Waals surface area contributed by atoms with E-state index < -0.39 is 41.4 Å². The summed E-state index contributed by atoms with van der Waals surface area (Å²) in [6.45, 7) is 5.50. The first kappa shape index (κ1) is 40.7. The fraction of sp³-hybridized carbons (Fsp3) is 0.757. The van der Waals surface area contributed by atoms with Crippen LogP contribution in [0.3, 0.4) is 0 Å². The van der Waals surface area contributed by atoms with Gasteiger partial charge in [0.2, 0.25) is 29.2 Å². The highest BCUT2D eigenvalue weighted by Gasteiger charge is 2.46. The van der Waals surface area contributed by atoms with Gasteiger partial charge in [0.05, 0.1) is 39.3 Å². The van der Waals surface area contributed by atoms with E-state index in [1.54, 1.807) is 0 Å². The maximum Gasteiger partial charge on any atom is 0.313 e. The number of unbranched alkanes of at least 4 members (excludes halogenated alkanes) is 12. The van der Waals surface area contributed by atoms with Gasteiger partial charge in [0, 0.05) is 44.1 Å². The first-order valence-corrected chi connectivity index (χ1v) is 18.4. The lowest BCUT2D eigenvalue weighted by atomic mass is 9.72. The van der Waals surface area contributed by atoms with Gasteiger partial charge in [-0.05, 0) is 19.3 Å². The second-order valence-electron chi connectivity index (χ2n) is 13.6. The first-order valence-electron chi connectivity index (χ1n) is 18.4. The molecule has 8 nitrogen and oxygen atoms in total. The number of halogens is 4. The van der Waals surface area contributed by atoms with Crippen molar-refractivity contribution in [3.63, 3.8) is 0 Å². The molecule has 0 N–H and O–H groups in total. The number of likely N-dealkylation sites (tertiary alicyclic amines) is 2. The summed E-state index contributed by atoms with van der Waals surface area (Å²) in [6, 6.07) is 0.0219. The molecule has 2 aliphatic heterocycles. The monoisotopic (exact) mass is 700 g/mol. The highest BCUT2D eigenvalue weighted by molar-refractivity contribution is 5.78. The van der Waals surface area contributed by atoms with Crippen LogP contribution in [0.4, 0.5) is 17.6 Å². The van der Waals surface area contributed by atoms with Crippen molar-refractivity contribution in [2.75, 3.05) is 52.6 Å². The topological polar surface area (TPSA) is 85.4 Å². The Morgan fingerprint density at radius 3 is 1.63 bits per heavy atom. The van der Waals surface area contributed by atoms with Gasteiger partial charge < -0.3 is 24.0 Å². The number of nitrogens with zero attached hydrogens (tertiary/aromatic N) is 2. The van der Waals surface area contributed by atoms with Crippen molar-refractivity contribution in [3.8, 4) is 5.75 Å². The van der Waals surface area contributed by atoms with Gasteiger partial charge in [-0.2, -0.15) is 8.78 Å². The van der Waals surface area contributed by atoms with Crippen LogP contribution in [-0.2, 0) is 23.9 Å². The predicted octanol–water partition coefficient (Wildman–Crippen LogP) is 7.89. The number of benzene rings is 1. The van der Waals surface area contributed by atoms with Crippen LogP contribution in [0.15, 0.2) is 6.07 Å². The Labute approximate surface area is 289 Å². The number of esters is 1. The standard InChI is InChI=1S/C37H56F4N2O6/c1-2-3-4-5-6-7-8-9-10-11-12-13-14-15-31(44)42-20-18-37(19-21-42)27-43(28-37)32(45)16-22-47-24-25-48-23-17-33(46)49-36-34(40)29(38)26-30(39)35(36)41/h26H,2-25,27-28H2,1H3. The smallest absolute Gasteiger partial charge is 0.313 e. The van der Waals surface area contributed by atoms with E-state index in [1.165, 1.54) is 70.6 Å². The normalized spacial score (nSPS) is 15.4. The van der Waals surface area contributed by atoms with Crippen LogP contribution in [-0.4, -0.2) is 80.2 Å². The van der Waals surface area contributed by atoms with E-state index in [0.29, 0.717) is 19.5 Å². The lowest BCUT2D eigenvalue weighted by Crippen LogP contribution is -2.62. The Hall–Kier alpha value is -2.73. The molecule has 2 fully saturated rings. The van der Waals surface area contributed by atoms with Gasteiger partial charge in [0.25, 0.3) is 0 Å². The minimum atomic E-state index is -1.79. The van der Waals surface area contributed by atoms with Crippen molar-refractivity contribution in [2.24, 2.45) is 5.41 Å². The second-order valence-corrected chi connectivity index (χ2v) is 13.6. The molecular weight excluding hydrogens is 644 g/mol. The zero-order valence-corrected chi connectivity index (χ0v) is 29.3. The van der Waals surface area contributed by atoms with Gasteiger partial charge in [0.1, 0.15) is 0 Å². The summed E-state index contributed by atoms with van der Waals surface area (Å²) in [4.78, 5) is 40.9. The van der Waals surface area contributed by atoms with E-state index in [-0.39, 0.29) is 56.1 Å². The minimum Gasteiger partial charge on any atom is -0.420 e. The third-order valence-corrected chi connectivity index (χ3v) is 9.65. The third-order valence-electron chi connectivity index (χ3n) is 9.65. The molecule has 1 spiro atoms. The summed E-state index contributed by atoms with van der Waals surface area (Å²) in [7, 11) is 0. The number of hydrogen-bond donors (Lipinski definition) is 0. The molecule has 0 radical (unpaired) electrons. The number of ether oxygens (including phenoxy) is 3. The summed E-state index contributed by atoms with van der Waals surface area (Å²) in [5.74, 6) is -9.21. The van der Waals surface area contributed by atoms with E-state index in [0.717, 1.165) is 38.8 Å². The van der Waals surface area contributed by atoms with E-state index in [9.17, 15) is 31.9 Å². The van der Waals surface area contributed by atoms with E-state index in [2.05, 4.69) is 11.7 Å². The van der Waals surface area contributed by atoms with Crippen molar-refractivity contribution in [3.05, 3.63) is 29.3 Å². The zero-order chi connectivity index (χ0) is 35.5. The van der Waals surface area contributed by atoms with E-state index >= 15 is 0 Å². The molecule has 278 valence electrons. The van der Waals surface area contributed by atoms with Crippen LogP contribution in [0, 0.1) is 28.7 Å². The molecule has 2 heterocycles. The Balaban J connectivity index is 1.13. The molecule has 49 heavy (non-hydrogen) atoms. The van der Waals surface area contributed by atoms with Gasteiger partial charge in [-0.1, -0.05) is 84.0 Å². The number of piperidine rings is 1. The summed E-state index contributed by atoms with van der Waals surface area (Å²) in [5, 5.41) is 0. The zero-order valence-electron chi connectivity index (χ0n) is 29.3. The molecule has 0 saturated carbocycles. The SMILES string of the molecule is CCCCCCCCCCCCCCCC(=O)N1CCC2(CC1)CN(C(=O)CCOCCOCCC(=O)Oc1c(F)c(F)cc(F)c1F)C2. The molecule has 3 rings (SSSR count). The van der Waals surface area contributed by atoms with Crippen molar-refractivity contribution in [1.82, 2.24) is 9.80 Å². The maximum absolute atomic E-state index is 13.6. The second kappa shape index (κ2) is 22.2. The number of amides is 2. The number of rotatable bonds is 24. The summed E-state index contributed by atoms with van der Waals surface area (Å²) in [6.07, 6.45) is 19.1. The average molecular weight is 701 g/mol. The fourth-order valence-corrected chi connectivity index (χ4v) is 6.54. The molecule has 0 bridgehead atoms. The third kappa shape index (κ3) is 14.2. The van der Waals surface area contributed by atoms with Crippen molar-refractivity contribution in [2.45, 2.75) is 122 Å². The summed E-state index contributed by atoms with van der Waals surface area (Å²) < 4.78 is 68.7. The van der Waals surface area contributed by atoms with Crippen molar-refractivity contribution in [1.29, 1.82) is 0 Å². The first-order chi connectivity index (χ1) is 23.7.